The lowest BCUT2D eigenvalue weighted by Crippen LogP contribution is -2.36. The van der Waals surface area contributed by atoms with Crippen LogP contribution < -0.4 is 5.32 Å². The Bertz CT molecular complexity index is 544. The van der Waals surface area contributed by atoms with Gasteiger partial charge in [-0.3, -0.25) is 14.9 Å². The molecule has 0 spiro atoms. The van der Waals surface area contributed by atoms with Crippen molar-refractivity contribution in [2.45, 2.75) is 33.3 Å². The van der Waals surface area contributed by atoms with Crippen molar-refractivity contribution in [3.63, 3.8) is 0 Å². The second-order valence-electron chi connectivity index (χ2n) is 5.79. The number of aliphatic hydroxyl groups excluding tert-OH is 1. The van der Waals surface area contributed by atoms with Gasteiger partial charge in [-0.25, -0.2) is 0 Å². The molecule has 1 aromatic carbocycles. The molecule has 7 heteroatoms. The number of carbonyl (C=O) groups excluding carboxylic acids is 1. The normalized spacial score (nSPS) is 12.8. The molecule has 21 heavy (non-hydrogen) atoms. The Morgan fingerprint density at radius 3 is 2.67 bits per heavy atom. The van der Waals surface area contributed by atoms with Crippen LogP contribution in [-0.4, -0.2) is 28.6 Å². The van der Waals surface area contributed by atoms with E-state index in [2.05, 4.69) is 5.32 Å². The van der Waals surface area contributed by atoms with Crippen LogP contribution in [0.1, 0.15) is 37.6 Å². The molecule has 1 aromatic rings. The van der Waals surface area contributed by atoms with Crippen LogP contribution in [-0.2, 0) is 0 Å². The fraction of sp³-hybridized carbons (Fsp3) is 0.500. The topological polar surface area (TPSA) is 92.5 Å². The second kappa shape index (κ2) is 6.87. The van der Waals surface area contributed by atoms with E-state index in [0.29, 0.717) is 13.0 Å². The van der Waals surface area contributed by atoms with Crippen LogP contribution in [0.2, 0.25) is 5.02 Å². The van der Waals surface area contributed by atoms with E-state index in [1.807, 2.05) is 13.8 Å². The predicted octanol–water partition coefficient (Wildman–Crippen LogP) is 2.78. The number of nitro benzene ring substituents is 1. The lowest BCUT2D eigenvalue weighted by molar-refractivity contribution is -0.385. The fourth-order valence-corrected chi connectivity index (χ4v) is 2.41. The zero-order valence-corrected chi connectivity index (χ0v) is 13.0. The quantitative estimate of drug-likeness (QED) is 0.623. The average molecular weight is 315 g/mol. The van der Waals surface area contributed by atoms with Crippen molar-refractivity contribution in [3.8, 4) is 0 Å². The summed E-state index contributed by atoms with van der Waals surface area (Å²) in [6, 6.07) is 4.22. The highest BCUT2D eigenvalue weighted by Crippen LogP contribution is 2.28. The average Bonchev–Trinajstić information content (AvgIpc) is 2.33. The van der Waals surface area contributed by atoms with Crippen LogP contribution in [0.5, 0.6) is 0 Å². The summed E-state index contributed by atoms with van der Waals surface area (Å²) >= 11 is 5.77. The summed E-state index contributed by atoms with van der Waals surface area (Å²) in [5, 5.41) is 23.0. The molecule has 116 valence electrons. The van der Waals surface area contributed by atoms with Gasteiger partial charge in [0, 0.05) is 6.54 Å². The van der Waals surface area contributed by atoms with E-state index >= 15 is 0 Å². The molecule has 0 aliphatic rings. The van der Waals surface area contributed by atoms with Gasteiger partial charge in [0.25, 0.3) is 5.91 Å². The van der Waals surface area contributed by atoms with Crippen molar-refractivity contribution in [2.24, 2.45) is 5.41 Å². The van der Waals surface area contributed by atoms with Crippen molar-refractivity contribution < 1.29 is 14.8 Å². The first-order chi connectivity index (χ1) is 9.64. The van der Waals surface area contributed by atoms with Gasteiger partial charge >= 0.3 is 5.69 Å². The van der Waals surface area contributed by atoms with E-state index in [-0.39, 0.29) is 16.0 Å². The first-order valence-corrected chi connectivity index (χ1v) is 6.91. The Labute approximate surface area is 128 Å². The predicted molar refractivity (Wildman–Crippen MR) is 80.5 cm³/mol. The Morgan fingerprint density at radius 1 is 1.52 bits per heavy atom. The highest BCUT2D eigenvalue weighted by Gasteiger charge is 2.26. The van der Waals surface area contributed by atoms with Gasteiger partial charge in [0.1, 0.15) is 10.6 Å². The third kappa shape index (κ3) is 4.99. The molecular formula is C14H19ClN2O4. The van der Waals surface area contributed by atoms with Crippen molar-refractivity contribution >= 4 is 23.2 Å². The van der Waals surface area contributed by atoms with Crippen molar-refractivity contribution in [2.75, 3.05) is 6.54 Å². The minimum Gasteiger partial charge on any atom is -0.393 e. The number of carbonyl (C=O) groups is 1. The van der Waals surface area contributed by atoms with Gasteiger partial charge in [-0.1, -0.05) is 31.5 Å². The van der Waals surface area contributed by atoms with Gasteiger partial charge < -0.3 is 10.4 Å². The largest absolute Gasteiger partial charge is 0.393 e. The lowest BCUT2D eigenvalue weighted by atomic mass is 9.87. The number of halogens is 1. The molecule has 0 saturated carbocycles. The molecule has 1 atom stereocenters. The number of benzene rings is 1. The van der Waals surface area contributed by atoms with E-state index in [9.17, 15) is 20.0 Å². The number of nitrogens with one attached hydrogen (secondary N) is 1. The first kappa shape index (κ1) is 17.4. The van der Waals surface area contributed by atoms with E-state index in [1.165, 1.54) is 18.2 Å². The monoisotopic (exact) mass is 314 g/mol. The second-order valence-corrected chi connectivity index (χ2v) is 6.20. The molecular weight excluding hydrogens is 296 g/mol. The minimum atomic E-state index is -0.668. The van der Waals surface area contributed by atoms with Gasteiger partial charge in [0.15, 0.2) is 0 Å². The third-order valence-electron chi connectivity index (χ3n) is 2.99. The molecule has 0 saturated heterocycles. The highest BCUT2D eigenvalue weighted by molar-refractivity contribution is 6.33. The standard InChI is InChI=1S/C14H19ClN2O4/c1-9(18)7-14(2,3)8-16-13(19)10-5-4-6-11(15)12(10)17(20)21/h4-6,9,18H,7-8H2,1-3H3,(H,16,19)/t9-/m0/s1. The van der Waals surface area contributed by atoms with Gasteiger partial charge in [-0.05, 0) is 30.9 Å². The molecule has 0 aliphatic heterocycles. The summed E-state index contributed by atoms with van der Waals surface area (Å²) in [7, 11) is 0. The Kier molecular flexibility index (Phi) is 5.69. The zero-order chi connectivity index (χ0) is 16.2. The molecule has 0 heterocycles. The molecule has 6 nitrogen and oxygen atoms in total. The van der Waals surface area contributed by atoms with Gasteiger partial charge in [-0.2, -0.15) is 0 Å². The molecule has 2 N–H and O–H groups in total. The Morgan fingerprint density at radius 2 is 2.14 bits per heavy atom. The summed E-state index contributed by atoms with van der Waals surface area (Å²) in [5.41, 5.74) is -0.790. The molecule has 0 unspecified atom stereocenters. The Balaban J connectivity index is 2.87. The fourth-order valence-electron chi connectivity index (χ4n) is 2.17. The molecule has 1 amide bonds. The van der Waals surface area contributed by atoms with Crippen molar-refractivity contribution in [1.29, 1.82) is 0 Å². The molecule has 1 rings (SSSR count). The van der Waals surface area contributed by atoms with Crippen LogP contribution in [0.15, 0.2) is 18.2 Å². The van der Waals surface area contributed by atoms with Crippen molar-refractivity contribution in [1.82, 2.24) is 5.32 Å². The van der Waals surface area contributed by atoms with E-state index in [1.54, 1.807) is 6.92 Å². The number of nitrogens with zero attached hydrogens (tertiary/aromatic N) is 1. The maximum atomic E-state index is 12.1. The summed E-state index contributed by atoms with van der Waals surface area (Å²) in [4.78, 5) is 22.5. The molecule has 0 aromatic heterocycles. The number of hydrogen-bond donors (Lipinski definition) is 2. The number of nitro groups is 1. The summed E-state index contributed by atoms with van der Waals surface area (Å²) in [5.74, 6) is -0.553. The van der Waals surface area contributed by atoms with Crippen molar-refractivity contribution in [3.05, 3.63) is 38.9 Å². The summed E-state index contributed by atoms with van der Waals surface area (Å²) in [6.45, 7) is 5.75. The van der Waals surface area contributed by atoms with Crippen LogP contribution in [0.4, 0.5) is 5.69 Å². The first-order valence-electron chi connectivity index (χ1n) is 6.53. The van der Waals surface area contributed by atoms with Crippen LogP contribution >= 0.6 is 11.6 Å². The van der Waals surface area contributed by atoms with Crippen LogP contribution in [0, 0.1) is 15.5 Å². The van der Waals surface area contributed by atoms with Gasteiger partial charge in [0.2, 0.25) is 0 Å². The smallest absolute Gasteiger partial charge is 0.300 e. The molecule has 0 fully saturated rings. The third-order valence-corrected chi connectivity index (χ3v) is 3.29. The molecule has 0 aliphatic carbocycles. The number of para-hydroxylation sites is 1. The number of hydrogen-bond acceptors (Lipinski definition) is 4. The minimum absolute atomic E-state index is 0.0691. The Hall–Kier alpha value is -1.66. The van der Waals surface area contributed by atoms with Gasteiger partial charge in [-0.15, -0.1) is 0 Å². The number of amides is 1. The molecule has 0 radical (unpaired) electrons. The van der Waals surface area contributed by atoms with Gasteiger partial charge in [0.05, 0.1) is 11.0 Å². The summed E-state index contributed by atoms with van der Waals surface area (Å²) < 4.78 is 0. The SMILES string of the molecule is C[C@H](O)CC(C)(C)CNC(=O)c1cccc(Cl)c1[N+](=O)[O-]. The number of aliphatic hydroxyl groups is 1. The summed E-state index contributed by atoms with van der Waals surface area (Å²) in [6.07, 6.45) is 0.0164. The maximum Gasteiger partial charge on any atom is 0.300 e. The van der Waals surface area contributed by atoms with Crippen LogP contribution in [0.3, 0.4) is 0 Å². The highest BCUT2D eigenvalue weighted by atomic mass is 35.5. The number of rotatable bonds is 6. The molecule has 0 bridgehead atoms. The maximum absolute atomic E-state index is 12.1. The van der Waals surface area contributed by atoms with E-state index < -0.39 is 22.6 Å². The van der Waals surface area contributed by atoms with Crippen LogP contribution in [0.25, 0.3) is 0 Å². The lowest BCUT2D eigenvalue weighted by Gasteiger charge is -2.26. The van der Waals surface area contributed by atoms with E-state index in [0.717, 1.165) is 0 Å². The van der Waals surface area contributed by atoms with E-state index in [4.69, 9.17) is 11.6 Å². The zero-order valence-electron chi connectivity index (χ0n) is 12.2.